The van der Waals surface area contributed by atoms with Gasteiger partial charge in [0.1, 0.15) is 12.2 Å². The highest BCUT2D eigenvalue weighted by molar-refractivity contribution is 7.51. The molecule has 5 N–H and O–H groups in total. The van der Waals surface area contributed by atoms with Crippen molar-refractivity contribution < 1.29 is 29.3 Å². The van der Waals surface area contributed by atoms with Gasteiger partial charge in [0.15, 0.2) is 23.2 Å². The number of imidazole rings is 1. The van der Waals surface area contributed by atoms with Crippen molar-refractivity contribution in [1.29, 1.82) is 0 Å². The van der Waals surface area contributed by atoms with Gasteiger partial charge in [-0.15, -0.1) is 0 Å². The molecule has 0 spiro atoms. The Kier molecular flexibility index (Phi) is 5.82. The minimum absolute atomic E-state index is 0.00540. The number of aliphatic hydroxyl groups is 2. The van der Waals surface area contributed by atoms with Crippen molar-refractivity contribution in [3.8, 4) is 0 Å². The number of nitrogens with zero attached hydrogens (tertiary/aromatic N) is 4. The first-order valence-corrected chi connectivity index (χ1v) is 11.6. The topological polar surface area (TPSA) is 163 Å². The van der Waals surface area contributed by atoms with Gasteiger partial charge in [0.25, 0.3) is 0 Å². The molecule has 0 radical (unpaired) electrons. The molecule has 13 heteroatoms. The maximum absolute atomic E-state index is 11.1. The Morgan fingerprint density at radius 3 is 2.66 bits per heavy atom. The van der Waals surface area contributed by atoms with Crippen molar-refractivity contribution in [2.24, 2.45) is 0 Å². The van der Waals surface area contributed by atoms with E-state index in [1.807, 2.05) is 0 Å². The number of aliphatic hydroxyl groups excluding tert-OH is 2. The maximum Gasteiger partial charge on any atom is 0.325 e. The molecule has 2 fully saturated rings. The predicted octanol–water partition coefficient (Wildman–Crippen LogP) is 1.02. The molecule has 2 unspecified atom stereocenters. The Morgan fingerprint density at radius 2 is 1.97 bits per heavy atom. The molecule has 0 aromatic carbocycles. The fourth-order valence-corrected chi connectivity index (χ4v) is 4.69. The molecule has 1 aliphatic heterocycles. The van der Waals surface area contributed by atoms with Crippen LogP contribution < -0.4 is 5.32 Å². The van der Waals surface area contributed by atoms with E-state index in [9.17, 15) is 14.8 Å². The van der Waals surface area contributed by atoms with Gasteiger partial charge in [-0.25, -0.2) is 4.98 Å². The first-order chi connectivity index (χ1) is 13.7. The van der Waals surface area contributed by atoms with Gasteiger partial charge in [0, 0.05) is 6.04 Å². The van der Waals surface area contributed by atoms with Crippen LogP contribution in [0.5, 0.6) is 0 Å². The van der Waals surface area contributed by atoms with Gasteiger partial charge >= 0.3 is 7.60 Å². The lowest BCUT2D eigenvalue weighted by molar-refractivity contribution is -0.0355. The SMILES string of the molecule is O=P(O)(O)CC[C@H]1O[C@@H](n2cnc3c(NC4CCCC4)nc(Cl)nc32)C(O)C1O. The molecule has 29 heavy (non-hydrogen) atoms. The molecule has 2 aromatic heterocycles. The minimum atomic E-state index is -4.25. The highest BCUT2D eigenvalue weighted by Gasteiger charge is 2.44. The molecule has 4 rings (SSSR count). The van der Waals surface area contributed by atoms with E-state index in [0.717, 1.165) is 25.7 Å². The summed E-state index contributed by atoms with van der Waals surface area (Å²) in [7, 11) is -4.25. The second kappa shape index (κ2) is 8.07. The standard InChI is InChI=1S/C16H23ClN5O6P/c17-16-20-13(19-8-3-1-2-4-8)10-14(21-16)22(7-18-10)15-12(24)11(23)9(28-15)5-6-29(25,26)27/h7-9,11-12,15,23-24H,1-6H2,(H,19,20,21)(H2,25,26,27)/t9-,11?,12?,15-/m1/s1. The molecule has 4 atom stereocenters. The second-order valence-electron chi connectivity index (χ2n) is 7.51. The molecule has 1 saturated carbocycles. The lowest BCUT2D eigenvalue weighted by atomic mass is 10.1. The van der Waals surface area contributed by atoms with Crippen LogP contribution in [0.3, 0.4) is 0 Å². The van der Waals surface area contributed by atoms with Crippen LogP contribution in [0.1, 0.15) is 38.3 Å². The summed E-state index contributed by atoms with van der Waals surface area (Å²) in [5.41, 5.74) is 0.794. The summed E-state index contributed by atoms with van der Waals surface area (Å²) in [6, 6.07) is 0.279. The van der Waals surface area contributed by atoms with Crippen molar-refractivity contribution in [3.05, 3.63) is 11.6 Å². The number of hydrogen-bond acceptors (Lipinski definition) is 8. The number of fused-ring (bicyclic) bond motifs is 1. The average molecular weight is 448 g/mol. The van der Waals surface area contributed by atoms with Gasteiger partial charge in [0.05, 0.1) is 18.6 Å². The summed E-state index contributed by atoms with van der Waals surface area (Å²) < 4.78 is 18.3. The number of anilines is 1. The Hall–Kier alpha value is -1.33. The van der Waals surface area contributed by atoms with Crippen LogP contribution in [0, 0.1) is 0 Å². The molecule has 1 aliphatic carbocycles. The van der Waals surface area contributed by atoms with Gasteiger partial charge in [-0.2, -0.15) is 9.97 Å². The summed E-state index contributed by atoms with van der Waals surface area (Å²) >= 11 is 6.10. The average Bonchev–Trinajstić information content (AvgIpc) is 3.35. The van der Waals surface area contributed by atoms with E-state index in [2.05, 4.69) is 20.3 Å². The molecule has 0 bridgehead atoms. The van der Waals surface area contributed by atoms with Crippen LogP contribution in [0.15, 0.2) is 6.33 Å². The number of rotatable bonds is 6. The normalized spacial score (nSPS) is 28.4. The summed E-state index contributed by atoms with van der Waals surface area (Å²) in [4.78, 5) is 30.9. The first kappa shape index (κ1) is 20.9. The Labute approximate surface area is 171 Å². The monoisotopic (exact) mass is 447 g/mol. The van der Waals surface area contributed by atoms with Crippen LogP contribution in [0.25, 0.3) is 11.2 Å². The van der Waals surface area contributed by atoms with E-state index < -0.39 is 38.3 Å². The van der Waals surface area contributed by atoms with E-state index >= 15 is 0 Å². The Morgan fingerprint density at radius 1 is 1.24 bits per heavy atom. The molecule has 11 nitrogen and oxygen atoms in total. The number of ether oxygens (including phenoxy) is 1. The Balaban J connectivity index is 1.60. The van der Waals surface area contributed by atoms with Crippen LogP contribution >= 0.6 is 19.2 Å². The largest absolute Gasteiger partial charge is 0.388 e. The number of nitrogens with one attached hydrogen (secondary N) is 1. The van der Waals surface area contributed by atoms with Gasteiger partial charge < -0.3 is 30.1 Å². The Bertz CT molecular complexity index is 932. The van der Waals surface area contributed by atoms with E-state index in [4.69, 9.17) is 26.1 Å². The van der Waals surface area contributed by atoms with E-state index in [1.54, 1.807) is 0 Å². The maximum atomic E-state index is 11.1. The number of halogens is 1. The molecule has 2 aliphatic rings. The van der Waals surface area contributed by atoms with Crippen molar-refractivity contribution >= 4 is 36.2 Å². The molecule has 1 saturated heterocycles. The van der Waals surface area contributed by atoms with Crippen LogP contribution in [0.4, 0.5) is 5.82 Å². The first-order valence-electron chi connectivity index (χ1n) is 9.46. The van der Waals surface area contributed by atoms with Gasteiger partial charge in [-0.1, -0.05) is 12.8 Å². The molecule has 0 amide bonds. The fraction of sp³-hybridized carbons (Fsp3) is 0.688. The highest BCUT2D eigenvalue weighted by atomic mass is 35.5. The van der Waals surface area contributed by atoms with Crippen LogP contribution in [-0.2, 0) is 9.30 Å². The predicted molar refractivity (Wildman–Crippen MR) is 104 cm³/mol. The third kappa shape index (κ3) is 4.41. The summed E-state index contributed by atoms with van der Waals surface area (Å²) in [6.45, 7) is 0. The fourth-order valence-electron chi connectivity index (χ4n) is 3.93. The van der Waals surface area contributed by atoms with Crippen molar-refractivity contribution in [2.45, 2.75) is 62.7 Å². The molecule has 160 valence electrons. The molecular weight excluding hydrogens is 425 g/mol. The quantitative estimate of drug-likeness (QED) is 0.319. The summed E-state index contributed by atoms with van der Waals surface area (Å²) in [5.74, 6) is 0.497. The van der Waals surface area contributed by atoms with E-state index in [-0.39, 0.29) is 17.7 Å². The third-order valence-electron chi connectivity index (χ3n) is 5.41. The van der Waals surface area contributed by atoms with Gasteiger partial charge in [0.2, 0.25) is 5.28 Å². The second-order valence-corrected chi connectivity index (χ2v) is 9.63. The highest BCUT2D eigenvalue weighted by Crippen LogP contribution is 2.39. The van der Waals surface area contributed by atoms with Crippen molar-refractivity contribution in [1.82, 2.24) is 19.5 Å². The minimum Gasteiger partial charge on any atom is -0.388 e. The van der Waals surface area contributed by atoms with E-state index in [1.165, 1.54) is 10.9 Å². The lowest BCUT2D eigenvalue weighted by Gasteiger charge is -2.17. The summed E-state index contributed by atoms with van der Waals surface area (Å²) in [6.07, 6.45) is 0.610. The van der Waals surface area contributed by atoms with Crippen molar-refractivity contribution in [2.75, 3.05) is 11.5 Å². The zero-order valence-electron chi connectivity index (χ0n) is 15.4. The van der Waals surface area contributed by atoms with Crippen LogP contribution in [-0.4, -0.2) is 70.0 Å². The molecular formula is C16H23ClN5O6P. The lowest BCUT2D eigenvalue weighted by Crippen LogP contribution is -2.31. The molecule has 3 heterocycles. The van der Waals surface area contributed by atoms with Crippen LogP contribution in [0.2, 0.25) is 5.28 Å². The zero-order chi connectivity index (χ0) is 20.8. The molecule has 2 aromatic rings. The third-order valence-corrected chi connectivity index (χ3v) is 6.42. The van der Waals surface area contributed by atoms with Gasteiger partial charge in [-0.3, -0.25) is 9.13 Å². The van der Waals surface area contributed by atoms with Gasteiger partial charge in [-0.05, 0) is 30.9 Å². The smallest absolute Gasteiger partial charge is 0.325 e. The number of hydrogen-bond donors (Lipinski definition) is 5. The number of aromatic nitrogens is 4. The summed E-state index contributed by atoms with van der Waals surface area (Å²) in [5, 5.41) is 24.1. The van der Waals surface area contributed by atoms with E-state index in [0.29, 0.717) is 17.0 Å². The van der Waals surface area contributed by atoms with Crippen molar-refractivity contribution in [3.63, 3.8) is 0 Å². The zero-order valence-corrected chi connectivity index (χ0v) is 17.1.